The van der Waals surface area contributed by atoms with Gasteiger partial charge in [-0.3, -0.25) is 0 Å². The van der Waals surface area contributed by atoms with E-state index in [1.54, 1.807) is 17.8 Å². The van der Waals surface area contributed by atoms with Crippen molar-refractivity contribution in [3.05, 3.63) is 29.6 Å². The fourth-order valence-corrected chi connectivity index (χ4v) is 1.41. The van der Waals surface area contributed by atoms with Gasteiger partial charge in [-0.2, -0.15) is 0 Å². The molecule has 66 valence electrons. The van der Waals surface area contributed by atoms with Crippen LogP contribution < -0.4 is 5.32 Å². The maximum Gasteiger partial charge on any atom is 0.128 e. The van der Waals surface area contributed by atoms with Crippen LogP contribution in [0.2, 0.25) is 0 Å². The van der Waals surface area contributed by atoms with E-state index < -0.39 is 0 Å². The molecular formula is C9H12FNS. The van der Waals surface area contributed by atoms with E-state index in [2.05, 4.69) is 5.32 Å². The van der Waals surface area contributed by atoms with E-state index in [9.17, 15) is 4.39 Å². The first-order chi connectivity index (χ1) is 5.77. The zero-order chi connectivity index (χ0) is 8.97. The van der Waals surface area contributed by atoms with Crippen LogP contribution in [0, 0.1) is 5.82 Å². The van der Waals surface area contributed by atoms with Gasteiger partial charge in [-0.1, -0.05) is 6.07 Å². The number of nitrogens with one attached hydrogen (secondary N) is 1. The fourth-order valence-electron chi connectivity index (χ4n) is 0.989. The molecule has 0 amide bonds. The highest BCUT2D eigenvalue weighted by Gasteiger charge is 2.01. The van der Waals surface area contributed by atoms with Crippen LogP contribution in [0.1, 0.15) is 5.56 Å². The summed E-state index contributed by atoms with van der Waals surface area (Å²) in [6.07, 6.45) is 1.94. The molecule has 0 aliphatic heterocycles. The first-order valence-corrected chi connectivity index (χ1v) is 4.97. The molecule has 1 N–H and O–H groups in total. The second-order valence-corrected chi connectivity index (χ2v) is 3.37. The van der Waals surface area contributed by atoms with Crippen molar-refractivity contribution in [1.82, 2.24) is 5.32 Å². The van der Waals surface area contributed by atoms with Crippen LogP contribution in [0.25, 0.3) is 0 Å². The monoisotopic (exact) mass is 185 g/mol. The second-order valence-electron chi connectivity index (χ2n) is 2.49. The van der Waals surface area contributed by atoms with Gasteiger partial charge in [-0.15, -0.1) is 11.8 Å². The lowest BCUT2D eigenvalue weighted by Gasteiger charge is -2.03. The molecule has 0 atom stereocenters. The summed E-state index contributed by atoms with van der Waals surface area (Å²) < 4.78 is 13.2. The molecule has 0 spiro atoms. The van der Waals surface area contributed by atoms with Crippen LogP contribution in [-0.4, -0.2) is 13.3 Å². The van der Waals surface area contributed by atoms with Crippen LogP contribution in [0.3, 0.4) is 0 Å². The molecule has 0 heterocycles. The van der Waals surface area contributed by atoms with Crippen molar-refractivity contribution in [3.63, 3.8) is 0 Å². The lowest BCUT2D eigenvalue weighted by molar-refractivity contribution is 0.597. The summed E-state index contributed by atoms with van der Waals surface area (Å²) in [6, 6.07) is 5.31. The first kappa shape index (κ1) is 9.55. The number of hydrogen-bond acceptors (Lipinski definition) is 2. The molecule has 0 saturated carbocycles. The van der Waals surface area contributed by atoms with E-state index >= 15 is 0 Å². The van der Waals surface area contributed by atoms with Crippen LogP contribution in [0.4, 0.5) is 4.39 Å². The van der Waals surface area contributed by atoms with E-state index in [1.807, 2.05) is 25.4 Å². The number of hydrogen-bond donors (Lipinski definition) is 1. The summed E-state index contributed by atoms with van der Waals surface area (Å²) in [7, 11) is 1.81. The van der Waals surface area contributed by atoms with Gasteiger partial charge in [0.1, 0.15) is 5.82 Å². The molecule has 1 aromatic carbocycles. The van der Waals surface area contributed by atoms with Crippen molar-refractivity contribution in [2.24, 2.45) is 0 Å². The van der Waals surface area contributed by atoms with Gasteiger partial charge in [-0.25, -0.2) is 4.39 Å². The van der Waals surface area contributed by atoms with Gasteiger partial charge in [0.2, 0.25) is 0 Å². The molecule has 0 fully saturated rings. The third-order valence-electron chi connectivity index (χ3n) is 1.63. The normalized spacial score (nSPS) is 10.2. The fraction of sp³-hybridized carbons (Fsp3) is 0.333. The van der Waals surface area contributed by atoms with Gasteiger partial charge < -0.3 is 5.32 Å². The maximum absolute atomic E-state index is 13.2. The van der Waals surface area contributed by atoms with Crippen molar-refractivity contribution >= 4 is 11.8 Å². The van der Waals surface area contributed by atoms with Gasteiger partial charge >= 0.3 is 0 Å². The molecule has 0 aliphatic carbocycles. The van der Waals surface area contributed by atoms with E-state index in [0.717, 1.165) is 10.5 Å². The van der Waals surface area contributed by atoms with Gasteiger partial charge in [0.15, 0.2) is 0 Å². The highest BCUT2D eigenvalue weighted by molar-refractivity contribution is 7.98. The Balaban J connectivity index is 2.87. The molecule has 3 heteroatoms. The Morgan fingerprint density at radius 3 is 2.75 bits per heavy atom. The minimum absolute atomic E-state index is 0.129. The molecule has 0 saturated heterocycles. The Kier molecular flexibility index (Phi) is 3.56. The van der Waals surface area contributed by atoms with Gasteiger partial charge in [0, 0.05) is 17.0 Å². The predicted molar refractivity (Wildman–Crippen MR) is 50.9 cm³/mol. The molecule has 12 heavy (non-hydrogen) atoms. The van der Waals surface area contributed by atoms with Crippen molar-refractivity contribution in [1.29, 1.82) is 0 Å². The summed E-state index contributed by atoms with van der Waals surface area (Å²) in [5.41, 5.74) is 0.718. The molecule has 0 aromatic heterocycles. The molecule has 0 aliphatic rings. The van der Waals surface area contributed by atoms with Crippen LogP contribution in [-0.2, 0) is 6.54 Å². The Morgan fingerprint density at radius 2 is 2.25 bits per heavy atom. The average Bonchev–Trinajstić information content (AvgIpc) is 2.09. The van der Waals surface area contributed by atoms with E-state index in [1.165, 1.54) is 0 Å². The van der Waals surface area contributed by atoms with Crippen LogP contribution >= 0.6 is 11.8 Å². The zero-order valence-electron chi connectivity index (χ0n) is 7.23. The second kappa shape index (κ2) is 4.48. The molecular weight excluding hydrogens is 173 g/mol. The largest absolute Gasteiger partial charge is 0.316 e. The number of halogens is 1. The molecule has 0 bridgehead atoms. The summed E-state index contributed by atoms with van der Waals surface area (Å²) in [6.45, 7) is 0.584. The molecule has 0 radical (unpaired) electrons. The van der Waals surface area contributed by atoms with E-state index in [-0.39, 0.29) is 5.82 Å². The molecule has 0 unspecified atom stereocenters. The van der Waals surface area contributed by atoms with Gasteiger partial charge in [0.05, 0.1) is 0 Å². The van der Waals surface area contributed by atoms with E-state index in [4.69, 9.17) is 0 Å². The Labute approximate surface area is 76.4 Å². The average molecular weight is 185 g/mol. The van der Waals surface area contributed by atoms with Crippen molar-refractivity contribution in [3.8, 4) is 0 Å². The molecule has 1 rings (SSSR count). The summed E-state index contributed by atoms with van der Waals surface area (Å²) in [4.78, 5) is 0.965. The molecule has 1 nitrogen and oxygen atoms in total. The Bertz CT molecular complexity index is 263. The first-order valence-electron chi connectivity index (χ1n) is 3.75. The zero-order valence-corrected chi connectivity index (χ0v) is 8.04. The lowest BCUT2D eigenvalue weighted by atomic mass is 10.2. The number of thioether (sulfide) groups is 1. The summed E-state index contributed by atoms with van der Waals surface area (Å²) in [5.74, 6) is -0.129. The summed E-state index contributed by atoms with van der Waals surface area (Å²) in [5, 5.41) is 2.92. The molecule has 1 aromatic rings. The minimum Gasteiger partial charge on any atom is -0.316 e. The lowest BCUT2D eigenvalue weighted by Crippen LogP contribution is -2.06. The third kappa shape index (κ3) is 2.22. The number of benzene rings is 1. The maximum atomic E-state index is 13.2. The SMILES string of the molecule is CNCc1ccc(SC)cc1F. The Morgan fingerprint density at radius 1 is 1.50 bits per heavy atom. The quantitative estimate of drug-likeness (QED) is 0.725. The minimum atomic E-state index is -0.129. The third-order valence-corrected chi connectivity index (χ3v) is 2.35. The Hall–Kier alpha value is -0.540. The van der Waals surface area contributed by atoms with Crippen molar-refractivity contribution < 1.29 is 4.39 Å². The topological polar surface area (TPSA) is 12.0 Å². The van der Waals surface area contributed by atoms with Crippen LogP contribution in [0.15, 0.2) is 23.1 Å². The van der Waals surface area contributed by atoms with Crippen molar-refractivity contribution in [2.75, 3.05) is 13.3 Å². The predicted octanol–water partition coefficient (Wildman–Crippen LogP) is 2.27. The van der Waals surface area contributed by atoms with Crippen LogP contribution in [0.5, 0.6) is 0 Å². The number of rotatable bonds is 3. The van der Waals surface area contributed by atoms with E-state index in [0.29, 0.717) is 6.54 Å². The van der Waals surface area contributed by atoms with Gasteiger partial charge in [-0.05, 0) is 25.4 Å². The standard InChI is InChI=1S/C9H12FNS/c1-11-6-7-3-4-8(12-2)5-9(7)10/h3-5,11H,6H2,1-2H3. The summed E-state index contributed by atoms with van der Waals surface area (Å²) >= 11 is 1.55. The smallest absolute Gasteiger partial charge is 0.128 e. The highest BCUT2D eigenvalue weighted by atomic mass is 32.2. The highest BCUT2D eigenvalue weighted by Crippen LogP contribution is 2.17. The van der Waals surface area contributed by atoms with Gasteiger partial charge in [0.25, 0.3) is 0 Å². The van der Waals surface area contributed by atoms with Crippen molar-refractivity contribution in [2.45, 2.75) is 11.4 Å².